The van der Waals surface area contributed by atoms with Crippen LogP contribution in [0.5, 0.6) is 5.75 Å². The van der Waals surface area contributed by atoms with E-state index >= 15 is 0 Å². The van der Waals surface area contributed by atoms with E-state index in [-0.39, 0.29) is 5.91 Å². The molecule has 1 amide bonds. The first-order valence-corrected chi connectivity index (χ1v) is 6.78. The molecule has 3 N–H and O–H groups in total. The number of carbonyl (C=O) groups is 1. The summed E-state index contributed by atoms with van der Waals surface area (Å²) < 4.78 is 6.76. The summed E-state index contributed by atoms with van der Waals surface area (Å²) in [6, 6.07) is 5.46. The van der Waals surface area contributed by atoms with Crippen molar-refractivity contribution >= 4 is 11.6 Å². The van der Waals surface area contributed by atoms with Crippen LogP contribution in [0.4, 0.5) is 5.69 Å². The number of benzene rings is 1. The molecule has 0 spiro atoms. The minimum absolute atomic E-state index is 0.130. The van der Waals surface area contributed by atoms with Crippen molar-refractivity contribution in [1.29, 1.82) is 0 Å². The molecule has 0 aliphatic heterocycles. The predicted octanol–water partition coefficient (Wildman–Crippen LogP) is 1.50. The van der Waals surface area contributed by atoms with E-state index < -0.39 is 0 Å². The third-order valence-electron chi connectivity index (χ3n) is 3.23. The second-order valence-electron chi connectivity index (χ2n) is 4.78. The van der Waals surface area contributed by atoms with Crippen molar-refractivity contribution in [2.45, 2.75) is 19.9 Å². The standard InChI is InChI=1S/C15H20N4O2/c1-4-13-11(9-19(2)18-13)15(20)17-8-10-5-6-14(21-3)12(16)7-10/h5-7,9H,4,8,16H2,1-3H3,(H,17,20). The Morgan fingerprint density at radius 3 is 2.86 bits per heavy atom. The molecule has 21 heavy (non-hydrogen) atoms. The molecule has 0 saturated carbocycles. The quantitative estimate of drug-likeness (QED) is 0.817. The Morgan fingerprint density at radius 1 is 1.48 bits per heavy atom. The average Bonchev–Trinajstić information content (AvgIpc) is 2.86. The van der Waals surface area contributed by atoms with Gasteiger partial charge in [-0.1, -0.05) is 13.0 Å². The van der Waals surface area contributed by atoms with E-state index in [2.05, 4.69) is 10.4 Å². The maximum absolute atomic E-state index is 12.2. The number of hydrogen-bond acceptors (Lipinski definition) is 4. The van der Waals surface area contributed by atoms with E-state index in [1.807, 2.05) is 13.0 Å². The molecule has 0 aliphatic carbocycles. The SMILES string of the molecule is CCc1nn(C)cc1C(=O)NCc1ccc(OC)c(N)c1. The zero-order chi connectivity index (χ0) is 15.4. The fourth-order valence-electron chi connectivity index (χ4n) is 2.16. The summed E-state index contributed by atoms with van der Waals surface area (Å²) in [6.45, 7) is 2.38. The van der Waals surface area contributed by atoms with Crippen LogP contribution in [0.25, 0.3) is 0 Å². The average molecular weight is 288 g/mol. The summed E-state index contributed by atoms with van der Waals surface area (Å²) in [4.78, 5) is 12.2. The van der Waals surface area contributed by atoms with Crippen LogP contribution in [-0.4, -0.2) is 22.8 Å². The number of nitrogens with two attached hydrogens (primary N) is 1. The van der Waals surface area contributed by atoms with Crippen LogP contribution in [0.1, 0.15) is 28.5 Å². The van der Waals surface area contributed by atoms with Gasteiger partial charge in [0.15, 0.2) is 0 Å². The maximum atomic E-state index is 12.2. The summed E-state index contributed by atoms with van der Waals surface area (Å²) >= 11 is 0. The van der Waals surface area contributed by atoms with E-state index in [0.717, 1.165) is 17.7 Å². The molecule has 0 bridgehead atoms. The molecule has 0 unspecified atom stereocenters. The smallest absolute Gasteiger partial charge is 0.255 e. The zero-order valence-electron chi connectivity index (χ0n) is 12.5. The normalized spacial score (nSPS) is 10.4. The van der Waals surface area contributed by atoms with Gasteiger partial charge >= 0.3 is 0 Å². The van der Waals surface area contributed by atoms with Crippen LogP contribution in [0.15, 0.2) is 24.4 Å². The molecule has 0 atom stereocenters. The second kappa shape index (κ2) is 6.30. The Labute approximate surface area is 123 Å². The van der Waals surface area contributed by atoms with Crippen molar-refractivity contribution in [1.82, 2.24) is 15.1 Å². The molecule has 0 aliphatic rings. The highest BCUT2D eigenvalue weighted by Crippen LogP contribution is 2.21. The monoisotopic (exact) mass is 288 g/mol. The predicted molar refractivity (Wildman–Crippen MR) is 81.2 cm³/mol. The molecule has 1 aromatic heterocycles. The molecule has 6 heteroatoms. The third-order valence-corrected chi connectivity index (χ3v) is 3.23. The van der Waals surface area contributed by atoms with E-state index in [9.17, 15) is 4.79 Å². The highest BCUT2D eigenvalue weighted by molar-refractivity contribution is 5.95. The molecule has 112 valence electrons. The lowest BCUT2D eigenvalue weighted by Gasteiger charge is -2.08. The highest BCUT2D eigenvalue weighted by Gasteiger charge is 2.14. The fourth-order valence-corrected chi connectivity index (χ4v) is 2.16. The summed E-state index contributed by atoms with van der Waals surface area (Å²) in [6.07, 6.45) is 2.45. The number of hydrogen-bond donors (Lipinski definition) is 2. The summed E-state index contributed by atoms with van der Waals surface area (Å²) in [5, 5.41) is 7.14. The lowest BCUT2D eigenvalue weighted by atomic mass is 10.1. The van der Waals surface area contributed by atoms with Gasteiger partial charge in [0.1, 0.15) is 5.75 Å². The maximum Gasteiger partial charge on any atom is 0.255 e. The number of carbonyl (C=O) groups excluding carboxylic acids is 1. The largest absolute Gasteiger partial charge is 0.495 e. The van der Waals surface area contributed by atoms with Gasteiger partial charge in [0.2, 0.25) is 0 Å². The third kappa shape index (κ3) is 3.34. The molecular weight excluding hydrogens is 268 g/mol. The van der Waals surface area contributed by atoms with Gasteiger partial charge in [0, 0.05) is 19.8 Å². The lowest BCUT2D eigenvalue weighted by Crippen LogP contribution is -2.23. The van der Waals surface area contributed by atoms with Gasteiger partial charge in [-0.25, -0.2) is 0 Å². The van der Waals surface area contributed by atoms with Gasteiger partial charge in [0.05, 0.1) is 24.1 Å². The Morgan fingerprint density at radius 2 is 2.24 bits per heavy atom. The van der Waals surface area contributed by atoms with Crippen molar-refractivity contribution in [3.8, 4) is 5.75 Å². The van der Waals surface area contributed by atoms with Crippen LogP contribution in [-0.2, 0) is 20.0 Å². The van der Waals surface area contributed by atoms with E-state index in [4.69, 9.17) is 10.5 Å². The number of aryl methyl sites for hydroxylation is 2. The van der Waals surface area contributed by atoms with Crippen LogP contribution >= 0.6 is 0 Å². The molecule has 2 rings (SSSR count). The van der Waals surface area contributed by atoms with Gasteiger partial charge in [-0.3, -0.25) is 9.48 Å². The number of anilines is 1. The number of nitrogens with one attached hydrogen (secondary N) is 1. The van der Waals surface area contributed by atoms with Crippen molar-refractivity contribution in [3.63, 3.8) is 0 Å². The van der Waals surface area contributed by atoms with E-state index in [1.54, 1.807) is 37.2 Å². The Kier molecular flexibility index (Phi) is 4.47. The van der Waals surface area contributed by atoms with Gasteiger partial charge in [-0.15, -0.1) is 0 Å². The first-order chi connectivity index (χ1) is 10.0. The summed E-state index contributed by atoms with van der Waals surface area (Å²) in [7, 11) is 3.38. The van der Waals surface area contributed by atoms with Crippen LogP contribution in [0.3, 0.4) is 0 Å². The van der Waals surface area contributed by atoms with Crippen molar-refractivity contribution < 1.29 is 9.53 Å². The Bertz CT molecular complexity index is 649. The number of methoxy groups -OCH3 is 1. The van der Waals surface area contributed by atoms with Gasteiger partial charge in [0.25, 0.3) is 5.91 Å². The number of rotatable bonds is 5. The summed E-state index contributed by atoms with van der Waals surface area (Å²) in [5.74, 6) is 0.500. The first kappa shape index (κ1) is 14.9. The molecule has 0 saturated heterocycles. The number of aromatic nitrogens is 2. The van der Waals surface area contributed by atoms with Crippen LogP contribution < -0.4 is 15.8 Å². The van der Waals surface area contributed by atoms with Gasteiger partial charge in [-0.2, -0.15) is 5.10 Å². The second-order valence-corrected chi connectivity index (χ2v) is 4.78. The van der Waals surface area contributed by atoms with Gasteiger partial charge < -0.3 is 15.8 Å². The van der Waals surface area contributed by atoms with Crippen molar-refractivity contribution in [3.05, 3.63) is 41.2 Å². The Hall–Kier alpha value is -2.50. The fraction of sp³-hybridized carbons (Fsp3) is 0.333. The molecule has 1 aromatic carbocycles. The van der Waals surface area contributed by atoms with E-state index in [1.165, 1.54) is 0 Å². The minimum atomic E-state index is -0.130. The van der Waals surface area contributed by atoms with Crippen LogP contribution in [0, 0.1) is 0 Å². The number of nitrogen functional groups attached to an aromatic ring is 1. The van der Waals surface area contributed by atoms with E-state index in [0.29, 0.717) is 23.5 Å². The molecule has 6 nitrogen and oxygen atoms in total. The number of ether oxygens (including phenoxy) is 1. The topological polar surface area (TPSA) is 82.2 Å². The Balaban J connectivity index is 2.05. The molecule has 1 heterocycles. The summed E-state index contributed by atoms with van der Waals surface area (Å²) in [5.41, 5.74) is 8.73. The number of nitrogens with zero attached hydrogens (tertiary/aromatic N) is 2. The van der Waals surface area contributed by atoms with Crippen molar-refractivity contribution in [2.24, 2.45) is 7.05 Å². The lowest BCUT2D eigenvalue weighted by molar-refractivity contribution is 0.0950. The van der Waals surface area contributed by atoms with Gasteiger partial charge in [-0.05, 0) is 24.1 Å². The molecule has 0 fully saturated rings. The molecule has 0 radical (unpaired) electrons. The minimum Gasteiger partial charge on any atom is -0.495 e. The highest BCUT2D eigenvalue weighted by atomic mass is 16.5. The van der Waals surface area contributed by atoms with Crippen LogP contribution in [0.2, 0.25) is 0 Å². The van der Waals surface area contributed by atoms with Crippen molar-refractivity contribution in [2.75, 3.05) is 12.8 Å². The molecular formula is C15H20N4O2. The molecule has 2 aromatic rings. The number of amides is 1. The zero-order valence-corrected chi connectivity index (χ0v) is 12.5. The first-order valence-electron chi connectivity index (χ1n) is 6.78.